The van der Waals surface area contributed by atoms with Gasteiger partial charge in [0.15, 0.2) is 0 Å². The molecule has 1 amide bonds. The van der Waals surface area contributed by atoms with Crippen molar-refractivity contribution < 1.29 is 13.9 Å². The van der Waals surface area contributed by atoms with E-state index in [1.807, 2.05) is 4.90 Å². The van der Waals surface area contributed by atoms with Crippen molar-refractivity contribution in [1.29, 1.82) is 0 Å². The van der Waals surface area contributed by atoms with Gasteiger partial charge in [-0.15, -0.1) is 0 Å². The van der Waals surface area contributed by atoms with E-state index < -0.39 is 0 Å². The fourth-order valence-corrected chi connectivity index (χ4v) is 4.75. The molecule has 2 aliphatic carbocycles. The second-order valence-corrected chi connectivity index (χ2v) is 8.11. The van der Waals surface area contributed by atoms with E-state index >= 15 is 0 Å². The smallest absolute Gasteiger partial charge is 0.253 e. The molecular weight excluding hydrogens is 343 g/mol. The van der Waals surface area contributed by atoms with Crippen LogP contribution >= 0.6 is 0 Å². The predicted molar refractivity (Wildman–Crippen MR) is 103 cm³/mol. The molecule has 1 saturated carbocycles. The maximum absolute atomic E-state index is 13.2. The first-order chi connectivity index (χ1) is 13.2. The predicted octanol–water partition coefficient (Wildman–Crippen LogP) is 3.20. The van der Waals surface area contributed by atoms with E-state index in [9.17, 15) is 9.18 Å². The maximum atomic E-state index is 13.2. The summed E-state index contributed by atoms with van der Waals surface area (Å²) < 4.78 is 18.6. The number of allylic oxidation sites excluding steroid dienone is 2. The molecule has 0 spiro atoms. The third-order valence-electron chi connectivity index (χ3n) is 6.26. The minimum atomic E-state index is -0.302. The van der Waals surface area contributed by atoms with E-state index in [0.717, 1.165) is 52.4 Å². The van der Waals surface area contributed by atoms with Crippen molar-refractivity contribution in [3.05, 3.63) is 47.8 Å². The minimum Gasteiger partial charge on any atom is -0.379 e. The normalized spacial score (nSPS) is 27.2. The third-order valence-corrected chi connectivity index (χ3v) is 6.26. The minimum absolute atomic E-state index is 0.0312. The SMILES string of the molecule is O=C(c1ccc(F)cc1)N(CCCN1CCOCC1)CC1CC2C=CC1C2. The van der Waals surface area contributed by atoms with Crippen molar-refractivity contribution >= 4 is 5.91 Å². The van der Waals surface area contributed by atoms with Gasteiger partial charge in [0.2, 0.25) is 0 Å². The molecule has 1 saturated heterocycles. The molecule has 3 atom stereocenters. The summed E-state index contributed by atoms with van der Waals surface area (Å²) in [6, 6.07) is 5.96. The van der Waals surface area contributed by atoms with Crippen LogP contribution in [0.5, 0.6) is 0 Å². The van der Waals surface area contributed by atoms with Crippen molar-refractivity contribution in [2.24, 2.45) is 17.8 Å². The number of halogens is 1. The summed E-state index contributed by atoms with van der Waals surface area (Å²) in [7, 11) is 0. The first-order valence-electron chi connectivity index (χ1n) is 10.2. The van der Waals surface area contributed by atoms with E-state index in [1.54, 1.807) is 12.1 Å². The summed E-state index contributed by atoms with van der Waals surface area (Å²) in [6.45, 7) is 6.11. The average molecular weight is 372 g/mol. The number of carbonyl (C=O) groups excluding carboxylic acids is 1. The molecule has 0 radical (unpaired) electrons. The van der Waals surface area contributed by atoms with Crippen molar-refractivity contribution in [2.45, 2.75) is 19.3 Å². The van der Waals surface area contributed by atoms with Gasteiger partial charge >= 0.3 is 0 Å². The highest BCUT2D eigenvalue weighted by atomic mass is 19.1. The number of ether oxygens (including phenoxy) is 1. The van der Waals surface area contributed by atoms with E-state index in [0.29, 0.717) is 23.3 Å². The van der Waals surface area contributed by atoms with Crippen LogP contribution in [0.15, 0.2) is 36.4 Å². The largest absolute Gasteiger partial charge is 0.379 e. The lowest BCUT2D eigenvalue weighted by molar-refractivity contribution is 0.0353. The summed E-state index contributed by atoms with van der Waals surface area (Å²) >= 11 is 0. The van der Waals surface area contributed by atoms with Crippen LogP contribution in [-0.4, -0.2) is 61.6 Å². The van der Waals surface area contributed by atoms with E-state index in [4.69, 9.17) is 4.74 Å². The summed E-state index contributed by atoms with van der Waals surface area (Å²) in [6.07, 6.45) is 8.08. The first kappa shape index (κ1) is 18.6. The lowest BCUT2D eigenvalue weighted by Gasteiger charge is -2.31. The van der Waals surface area contributed by atoms with Crippen LogP contribution in [0.3, 0.4) is 0 Å². The van der Waals surface area contributed by atoms with Crippen molar-refractivity contribution in [2.75, 3.05) is 45.9 Å². The van der Waals surface area contributed by atoms with Crippen molar-refractivity contribution in [3.8, 4) is 0 Å². The van der Waals surface area contributed by atoms with Gasteiger partial charge in [-0.2, -0.15) is 0 Å². The van der Waals surface area contributed by atoms with Gasteiger partial charge in [-0.25, -0.2) is 4.39 Å². The van der Waals surface area contributed by atoms with Gasteiger partial charge in [0.25, 0.3) is 5.91 Å². The molecule has 1 heterocycles. The zero-order valence-corrected chi connectivity index (χ0v) is 15.9. The quantitative estimate of drug-likeness (QED) is 0.689. The topological polar surface area (TPSA) is 32.8 Å². The van der Waals surface area contributed by atoms with E-state index in [-0.39, 0.29) is 11.7 Å². The molecule has 0 N–H and O–H groups in total. The second kappa shape index (κ2) is 8.53. The highest BCUT2D eigenvalue weighted by molar-refractivity contribution is 5.94. The Morgan fingerprint density at radius 3 is 2.59 bits per heavy atom. The monoisotopic (exact) mass is 372 g/mol. The molecule has 1 aromatic rings. The molecule has 2 fully saturated rings. The number of fused-ring (bicyclic) bond motifs is 2. The van der Waals surface area contributed by atoms with Crippen LogP contribution in [0.25, 0.3) is 0 Å². The lowest BCUT2D eigenvalue weighted by Crippen LogP contribution is -2.40. The van der Waals surface area contributed by atoms with Crippen LogP contribution in [-0.2, 0) is 4.74 Å². The number of hydrogen-bond acceptors (Lipinski definition) is 3. The summed E-state index contributed by atoms with van der Waals surface area (Å²) in [4.78, 5) is 17.5. The summed E-state index contributed by atoms with van der Waals surface area (Å²) in [5.74, 6) is 1.62. The molecular formula is C22H29FN2O2. The van der Waals surface area contributed by atoms with Crippen LogP contribution in [0, 0.1) is 23.6 Å². The molecule has 146 valence electrons. The van der Waals surface area contributed by atoms with Crippen LogP contribution in [0.2, 0.25) is 0 Å². The standard InChI is InChI=1S/C22H29FN2O2/c23-21-6-4-18(5-7-21)22(26)25(9-1-8-24-10-12-27-13-11-24)16-20-15-17-2-3-19(20)14-17/h2-7,17,19-20H,1,8-16H2. The molecule has 3 unspecified atom stereocenters. The fourth-order valence-electron chi connectivity index (χ4n) is 4.75. The Morgan fingerprint density at radius 2 is 1.93 bits per heavy atom. The van der Waals surface area contributed by atoms with Crippen LogP contribution < -0.4 is 0 Å². The summed E-state index contributed by atoms with van der Waals surface area (Å²) in [5, 5.41) is 0. The Labute approximate surface area is 161 Å². The highest BCUT2D eigenvalue weighted by Gasteiger charge is 2.37. The highest BCUT2D eigenvalue weighted by Crippen LogP contribution is 2.43. The van der Waals surface area contributed by atoms with Gasteiger partial charge in [0, 0.05) is 38.3 Å². The Hall–Kier alpha value is -1.72. The Balaban J connectivity index is 1.38. The van der Waals surface area contributed by atoms with Crippen molar-refractivity contribution in [3.63, 3.8) is 0 Å². The maximum Gasteiger partial charge on any atom is 0.253 e. The molecule has 3 aliphatic rings. The lowest BCUT2D eigenvalue weighted by atomic mass is 9.93. The average Bonchev–Trinajstić information content (AvgIpc) is 3.31. The van der Waals surface area contributed by atoms with E-state index in [2.05, 4.69) is 17.1 Å². The van der Waals surface area contributed by atoms with Gasteiger partial charge in [-0.3, -0.25) is 9.69 Å². The first-order valence-corrected chi connectivity index (χ1v) is 10.2. The number of benzene rings is 1. The molecule has 2 bridgehead atoms. The van der Waals surface area contributed by atoms with Gasteiger partial charge in [0.05, 0.1) is 13.2 Å². The molecule has 27 heavy (non-hydrogen) atoms. The summed E-state index contributed by atoms with van der Waals surface area (Å²) in [5.41, 5.74) is 0.585. The van der Waals surface area contributed by atoms with Crippen LogP contribution in [0.1, 0.15) is 29.6 Å². The Morgan fingerprint density at radius 1 is 1.15 bits per heavy atom. The molecule has 0 aromatic heterocycles. The van der Waals surface area contributed by atoms with Crippen molar-refractivity contribution in [1.82, 2.24) is 9.80 Å². The number of rotatable bonds is 7. The zero-order valence-electron chi connectivity index (χ0n) is 15.9. The van der Waals surface area contributed by atoms with Crippen LogP contribution in [0.4, 0.5) is 4.39 Å². The Kier molecular flexibility index (Phi) is 5.89. The number of nitrogens with zero attached hydrogens (tertiary/aromatic N) is 2. The fraction of sp³-hybridized carbons (Fsp3) is 0.591. The number of carbonyl (C=O) groups is 1. The van der Waals surface area contributed by atoms with E-state index in [1.165, 1.54) is 25.0 Å². The number of amides is 1. The molecule has 4 rings (SSSR count). The third kappa shape index (κ3) is 4.58. The molecule has 5 heteroatoms. The number of hydrogen-bond donors (Lipinski definition) is 0. The van der Waals surface area contributed by atoms with Gasteiger partial charge < -0.3 is 9.64 Å². The zero-order chi connectivity index (χ0) is 18.6. The van der Waals surface area contributed by atoms with Gasteiger partial charge in [0.1, 0.15) is 5.82 Å². The second-order valence-electron chi connectivity index (χ2n) is 8.11. The Bertz CT molecular complexity index is 669. The van der Waals surface area contributed by atoms with Gasteiger partial charge in [-0.05, 0) is 61.3 Å². The number of morpholine rings is 1. The van der Waals surface area contributed by atoms with Gasteiger partial charge in [-0.1, -0.05) is 12.2 Å². The molecule has 1 aromatic carbocycles. The molecule has 4 nitrogen and oxygen atoms in total. The molecule has 1 aliphatic heterocycles.